The van der Waals surface area contributed by atoms with Crippen LogP contribution < -0.4 is 0 Å². The molecule has 1 aromatic carbocycles. The number of thioether (sulfide) groups is 1. The topological polar surface area (TPSA) is 43.9 Å². The predicted octanol–water partition coefficient (Wildman–Crippen LogP) is 2.83. The summed E-state index contributed by atoms with van der Waals surface area (Å²) in [5, 5.41) is -0.248. The summed E-state index contributed by atoms with van der Waals surface area (Å²) < 4.78 is 38.4. The van der Waals surface area contributed by atoms with Gasteiger partial charge in [-0.2, -0.15) is 13.2 Å². The van der Waals surface area contributed by atoms with Crippen molar-refractivity contribution in [1.82, 2.24) is 14.7 Å². The number of halogens is 3. The van der Waals surface area contributed by atoms with Crippen LogP contribution in [0, 0.1) is 5.92 Å². The molecule has 158 valence electrons. The molecule has 2 heterocycles. The number of alkyl halides is 3. The van der Waals surface area contributed by atoms with Crippen molar-refractivity contribution in [2.45, 2.75) is 24.4 Å². The van der Waals surface area contributed by atoms with Crippen LogP contribution in [0.25, 0.3) is 0 Å². The van der Waals surface area contributed by atoms with Crippen molar-refractivity contribution in [2.24, 2.45) is 5.92 Å². The average Bonchev–Trinajstić information content (AvgIpc) is 3.49. The second-order valence-electron chi connectivity index (χ2n) is 7.81. The molecule has 1 saturated carbocycles. The second kappa shape index (κ2) is 8.18. The fraction of sp³-hybridized carbons (Fsp3) is 0.600. The molecule has 3 aliphatic rings. The Hall–Kier alpha value is -1.74. The molecule has 0 aromatic heterocycles. The molecule has 9 heteroatoms. The number of piperazine rings is 1. The zero-order chi connectivity index (χ0) is 20.6. The van der Waals surface area contributed by atoms with Gasteiger partial charge in [-0.1, -0.05) is 12.1 Å². The van der Waals surface area contributed by atoms with Gasteiger partial charge >= 0.3 is 6.18 Å². The lowest BCUT2D eigenvalue weighted by molar-refractivity contribution is -0.137. The SMILES string of the molecule is O=C(C1CC1)N1CCN(CCN2C(=O)CSC2c2ccc(C(F)(F)F)cc2)CC1. The molecular weight excluding hydrogens is 403 g/mol. The van der Waals surface area contributed by atoms with E-state index in [2.05, 4.69) is 4.90 Å². The Labute approximate surface area is 172 Å². The van der Waals surface area contributed by atoms with Crippen molar-refractivity contribution in [2.75, 3.05) is 45.0 Å². The second-order valence-corrected chi connectivity index (χ2v) is 8.88. The van der Waals surface area contributed by atoms with Gasteiger partial charge in [0, 0.05) is 45.2 Å². The van der Waals surface area contributed by atoms with Crippen LogP contribution in [0.15, 0.2) is 24.3 Å². The summed E-state index contributed by atoms with van der Waals surface area (Å²) in [5.74, 6) is 0.876. The van der Waals surface area contributed by atoms with E-state index in [0.717, 1.165) is 51.2 Å². The molecule has 2 saturated heterocycles. The lowest BCUT2D eigenvalue weighted by Gasteiger charge is -2.36. The van der Waals surface area contributed by atoms with Crippen molar-refractivity contribution < 1.29 is 22.8 Å². The Morgan fingerprint density at radius 1 is 1.03 bits per heavy atom. The van der Waals surface area contributed by atoms with Crippen LogP contribution in [0.4, 0.5) is 13.2 Å². The van der Waals surface area contributed by atoms with Crippen molar-refractivity contribution in [3.05, 3.63) is 35.4 Å². The molecule has 0 radical (unpaired) electrons. The zero-order valence-electron chi connectivity index (χ0n) is 16.0. The molecule has 1 aliphatic carbocycles. The van der Waals surface area contributed by atoms with Gasteiger partial charge < -0.3 is 9.80 Å². The summed E-state index contributed by atoms with van der Waals surface area (Å²) in [7, 11) is 0. The average molecular weight is 427 g/mol. The Balaban J connectivity index is 1.31. The number of benzene rings is 1. The van der Waals surface area contributed by atoms with Crippen molar-refractivity contribution >= 4 is 23.6 Å². The van der Waals surface area contributed by atoms with Gasteiger partial charge in [-0.3, -0.25) is 14.5 Å². The third-order valence-corrected chi connectivity index (χ3v) is 7.01. The Morgan fingerprint density at radius 2 is 1.69 bits per heavy atom. The molecule has 1 unspecified atom stereocenters. The molecule has 29 heavy (non-hydrogen) atoms. The quantitative estimate of drug-likeness (QED) is 0.725. The molecule has 4 rings (SSSR count). The fourth-order valence-corrected chi connectivity index (χ4v) is 5.06. The van der Waals surface area contributed by atoms with E-state index in [1.807, 2.05) is 4.90 Å². The third kappa shape index (κ3) is 4.71. The first-order chi connectivity index (χ1) is 13.8. The molecule has 5 nitrogen and oxygen atoms in total. The number of rotatable bonds is 5. The number of amides is 2. The number of hydrogen-bond donors (Lipinski definition) is 0. The Morgan fingerprint density at radius 3 is 2.28 bits per heavy atom. The number of carbonyl (C=O) groups is 2. The van der Waals surface area contributed by atoms with E-state index >= 15 is 0 Å². The monoisotopic (exact) mass is 427 g/mol. The van der Waals surface area contributed by atoms with Crippen LogP contribution in [0.2, 0.25) is 0 Å². The lowest BCUT2D eigenvalue weighted by Crippen LogP contribution is -2.50. The van der Waals surface area contributed by atoms with E-state index in [1.54, 1.807) is 4.90 Å². The molecule has 2 aliphatic heterocycles. The highest BCUT2D eigenvalue weighted by Gasteiger charge is 2.36. The lowest BCUT2D eigenvalue weighted by atomic mass is 10.1. The summed E-state index contributed by atoms with van der Waals surface area (Å²) in [6.07, 6.45) is -2.34. The number of carbonyl (C=O) groups excluding carboxylic acids is 2. The first-order valence-electron chi connectivity index (χ1n) is 9.92. The molecule has 1 atom stereocenters. The van der Waals surface area contributed by atoms with Crippen LogP contribution in [0.5, 0.6) is 0 Å². The van der Waals surface area contributed by atoms with E-state index in [-0.39, 0.29) is 23.1 Å². The maximum absolute atomic E-state index is 12.8. The minimum absolute atomic E-state index is 0.0162. The summed E-state index contributed by atoms with van der Waals surface area (Å²) in [4.78, 5) is 30.4. The van der Waals surface area contributed by atoms with E-state index < -0.39 is 11.7 Å². The highest BCUT2D eigenvalue weighted by Crippen LogP contribution is 2.39. The molecular formula is C20H24F3N3O2S. The van der Waals surface area contributed by atoms with Gasteiger partial charge in [0.15, 0.2) is 0 Å². The van der Waals surface area contributed by atoms with Crippen molar-refractivity contribution in [3.8, 4) is 0 Å². The highest BCUT2D eigenvalue weighted by atomic mass is 32.2. The van der Waals surface area contributed by atoms with Crippen molar-refractivity contribution in [1.29, 1.82) is 0 Å². The normalized spacial score (nSPS) is 23.7. The van der Waals surface area contributed by atoms with Gasteiger partial charge in [0.25, 0.3) is 0 Å². The first kappa shape index (κ1) is 20.5. The molecule has 0 N–H and O–H groups in total. The maximum Gasteiger partial charge on any atom is 0.416 e. The summed E-state index contributed by atoms with van der Waals surface area (Å²) in [5.41, 5.74) is 0.0365. The predicted molar refractivity (Wildman–Crippen MR) is 104 cm³/mol. The fourth-order valence-electron chi connectivity index (χ4n) is 3.84. The van der Waals surface area contributed by atoms with Crippen LogP contribution in [0.3, 0.4) is 0 Å². The molecule has 3 fully saturated rings. The van der Waals surface area contributed by atoms with Gasteiger partial charge in [-0.05, 0) is 30.5 Å². The summed E-state index contributed by atoms with van der Waals surface area (Å²) in [6.45, 7) is 4.26. The number of nitrogens with zero attached hydrogens (tertiary/aromatic N) is 3. The maximum atomic E-state index is 12.8. The minimum atomic E-state index is -4.36. The Bertz CT molecular complexity index is 759. The zero-order valence-corrected chi connectivity index (χ0v) is 16.8. The molecule has 0 spiro atoms. The van der Waals surface area contributed by atoms with Gasteiger partial charge in [0.05, 0.1) is 11.3 Å². The highest BCUT2D eigenvalue weighted by molar-refractivity contribution is 8.00. The standard InChI is InChI=1S/C20H24F3N3O2S/c21-20(22,23)16-5-3-15(4-6-16)19-26(17(27)13-29-19)12-9-24-7-10-25(11-8-24)18(28)14-1-2-14/h3-6,14,19H,1-2,7-13H2. The molecule has 0 bridgehead atoms. The van der Waals surface area contributed by atoms with Crippen LogP contribution >= 0.6 is 11.8 Å². The number of hydrogen-bond acceptors (Lipinski definition) is 4. The summed E-state index contributed by atoms with van der Waals surface area (Å²) >= 11 is 1.45. The smallest absolute Gasteiger partial charge is 0.340 e. The van der Waals surface area contributed by atoms with Gasteiger partial charge in [-0.15, -0.1) is 11.8 Å². The van der Waals surface area contributed by atoms with Crippen LogP contribution in [-0.4, -0.2) is 71.5 Å². The Kier molecular flexibility index (Phi) is 5.79. The molecule has 1 aromatic rings. The minimum Gasteiger partial charge on any atom is -0.340 e. The first-order valence-corrected chi connectivity index (χ1v) is 11.0. The van der Waals surface area contributed by atoms with E-state index in [0.29, 0.717) is 24.4 Å². The van der Waals surface area contributed by atoms with E-state index in [9.17, 15) is 22.8 Å². The summed E-state index contributed by atoms with van der Waals surface area (Å²) in [6, 6.07) is 5.09. The van der Waals surface area contributed by atoms with Crippen LogP contribution in [-0.2, 0) is 15.8 Å². The van der Waals surface area contributed by atoms with Crippen molar-refractivity contribution in [3.63, 3.8) is 0 Å². The van der Waals surface area contributed by atoms with E-state index in [1.165, 1.54) is 23.9 Å². The third-order valence-electron chi connectivity index (χ3n) is 5.76. The van der Waals surface area contributed by atoms with Gasteiger partial charge in [-0.25, -0.2) is 0 Å². The van der Waals surface area contributed by atoms with Gasteiger partial charge in [0.2, 0.25) is 11.8 Å². The van der Waals surface area contributed by atoms with Gasteiger partial charge in [0.1, 0.15) is 5.37 Å². The van der Waals surface area contributed by atoms with Crippen LogP contribution in [0.1, 0.15) is 29.3 Å². The molecule has 2 amide bonds. The largest absolute Gasteiger partial charge is 0.416 e. The van der Waals surface area contributed by atoms with E-state index in [4.69, 9.17) is 0 Å².